The van der Waals surface area contributed by atoms with Gasteiger partial charge in [0.05, 0.1) is 49.1 Å². The standard InChI is InChI=1S/C24H27N2O9PS2/c1-37(30,31)26(38(2,32)33)22-13-14-23(25(27)28)24(17-22)36(29,35-19-21-11-7-4-8-12-21)16-15-34-18-20-9-5-3-6-10-20/h3-14,17H,15-16,18-19H2,1-2H3. The van der Waals surface area contributed by atoms with Crippen LogP contribution in [0.4, 0.5) is 11.4 Å². The van der Waals surface area contributed by atoms with E-state index < -0.39 is 49.0 Å². The minimum Gasteiger partial charge on any atom is -0.376 e. The number of hydrogen-bond acceptors (Lipinski definition) is 9. The maximum Gasteiger partial charge on any atom is 0.282 e. The molecule has 14 heteroatoms. The van der Waals surface area contributed by atoms with Crippen LogP contribution in [0.1, 0.15) is 11.1 Å². The van der Waals surface area contributed by atoms with E-state index in [4.69, 9.17) is 9.26 Å². The van der Waals surface area contributed by atoms with Crippen molar-refractivity contribution >= 4 is 44.1 Å². The lowest BCUT2D eigenvalue weighted by molar-refractivity contribution is -0.383. The molecule has 0 aliphatic carbocycles. The van der Waals surface area contributed by atoms with Gasteiger partial charge in [-0.25, -0.2) is 16.8 Å². The van der Waals surface area contributed by atoms with Crippen LogP contribution in [0.25, 0.3) is 0 Å². The van der Waals surface area contributed by atoms with Gasteiger partial charge >= 0.3 is 0 Å². The fourth-order valence-corrected chi connectivity index (χ4v) is 8.67. The number of rotatable bonds is 13. The van der Waals surface area contributed by atoms with Crippen molar-refractivity contribution in [1.82, 2.24) is 0 Å². The zero-order chi connectivity index (χ0) is 28.0. The summed E-state index contributed by atoms with van der Waals surface area (Å²) in [6.45, 7) is -0.0815. The van der Waals surface area contributed by atoms with Gasteiger partial charge in [-0.3, -0.25) is 14.7 Å². The zero-order valence-electron chi connectivity index (χ0n) is 20.7. The average Bonchev–Trinajstić information content (AvgIpc) is 2.85. The van der Waals surface area contributed by atoms with Crippen LogP contribution in [-0.2, 0) is 47.1 Å². The van der Waals surface area contributed by atoms with E-state index in [0.29, 0.717) is 18.1 Å². The van der Waals surface area contributed by atoms with Crippen molar-refractivity contribution in [3.8, 4) is 0 Å². The predicted molar refractivity (Wildman–Crippen MR) is 145 cm³/mol. The fourth-order valence-electron chi connectivity index (χ4n) is 3.64. The van der Waals surface area contributed by atoms with Crippen molar-refractivity contribution in [2.24, 2.45) is 0 Å². The van der Waals surface area contributed by atoms with Crippen molar-refractivity contribution in [1.29, 1.82) is 0 Å². The number of hydrogen-bond donors (Lipinski definition) is 0. The second kappa shape index (κ2) is 12.2. The quantitative estimate of drug-likeness (QED) is 0.127. The third-order valence-electron chi connectivity index (χ3n) is 5.26. The molecule has 0 aliphatic heterocycles. The van der Waals surface area contributed by atoms with Gasteiger partial charge in [0.1, 0.15) is 5.30 Å². The molecule has 0 amide bonds. The summed E-state index contributed by atoms with van der Waals surface area (Å²) in [4.78, 5) is 11.1. The molecule has 0 aromatic heterocycles. The molecule has 0 spiro atoms. The second-order valence-electron chi connectivity index (χ2n) is 8.35. The SMILES string of the molecule is CS(=O)(=O)N(c1ccc([N+](=O)[O-])c(P(=O)(CCOCc2ccccc2)OCc2ccccc2)c1)S(C)(=O)=O. The molecular weight excluding hydrogens is 555 g/mol. The molecule has 0 heterocycles. The van der Waals surface area contributed by atoms with Gasteiger partial charge in [-0.15, -0.1) is 0 Å². The van der Waals surface area contributed by atoms with Crippen LogP contribution in [0.2, 0.25) is 0 Å². The van der Waals surface area contributed by atoms with Crippen LogP contribution in [0.5, 0.6) is 0 Å². The highest BCUT2D eigenvalue weighted by atomic mass is 32.3. The van der Waals surface area contributed by atoms with E-state index in [1.807, 2.05) is 30.3 Å². The van der Waals surface area contributed by atoms with Gasteiger partial charge in [0.2, 0.25) is 27.4 Å². The first-order valence-electron chi connectivity index (χ1n) is 11.2. The molecule has 0 bridgehead atoms. The van der Waals surface area contributed by atoms with Gasteiger partial charge in [-0.1, -0.05) is 60.7 Å². The fraction of sp³-hybridized carbons (Fsp3) is 0.250. The van der Waals surface area contributed by atoms with Crippen molar-refractivity contribution < 1.29 is 35.6 Å². The Morgan fingerprint density at radius 2 is 1.37 bits per heavy atom. The van der Waals surface area contributed by atoms with Gasteiger partial charge < -0.3 is 9.26 Å². The van der Waals surface area contributed by atoms with Gasteiger partial charge in [-0.2, -0.15) is 3.71 Å². The summed E-state index contributed by atoms with van der Waals surface area (Å²) in [6, 6.07) is 20.7. The van der Waals surface area contributed by atoms with Crippen molar-refractivity contribution in [2.45, 2.75) is 13.2 Å². The van der Waals surface area contributed by atoms with Crippen LogP contribution in [0.3, 0.4) is 0 Å². The Bertz CT molecular complexity index is 1500. The predicted octanol–water partition coefficient (Wildman–Crippen LogP) is 3.66. The molecule has 3 rings (SSSR count). The normalized spacial score (nSPS) is 13.5. The number of nitro benzene ring substituents is 1. The van der Waals surface area contributed by atoms with Gasteiger partial charge in [-0.05, 0) is 23.3 Å². The molecule has 1 atom stereocenters. The molecular formula is C24H27N2O9PS2. The zero-order valence-corrected chi connectivity index (χ0v) is 23.2. The lowest BCUT2D eigenvalue weighted by Gasteiger charge is -2.23. The summed E-state index contributed by atoms with van der Waals surface area (Å²) in [5.41, 5.74) is 0.475. The van der Waals surface area contributed by atoms with E-state index in [2.05, 4.69) is 0 Å². The highest BCUT2D eigenvalue weighted by Gasteiger charge is 2.37. The monoisotopic (exact) mass is 582 g/mol. The van der Waals surface area contributed by atoms with E-state index in [0.717, 1.165) is 23.8 Å². The lowest BCUT2D eigenvalue weighted by Crippen LogP contribution is -2.35. The van der Waals surface area contributed by atoms with Gasteiger partial charge in [0.25, 0.3) is 5.69 Å². The molecule has 0 fully saturated rings. The van der Waals surface area contributed by atoms with E-state index >= 15 is 0 Å². The Kier molecular flexibility index (Phi) is 9.45. The first-order chi connectivity index (χ1) is 17.8. The van der Waals surface area contributed by atoms with E-state index in [9.17, 15) is 31.5 Å². The largest absolute Gasteiger partial charge is 0.376 e. The Labute approximate surface area is 221 Å². The highest BCUT2D eigenvalue weighted by Crippen LogP contribution is 2.49. The molecule has 0 saturated heterocycles. The van der Waals surface area contributed by atoms with Gasteiger partial charge in [0, 0.05) is 6.07 Å². The van der Waals surface area contributed by atoms with Crippen molar-refractivity contribution in [2.75, 3.05) is 29.0 Å². The molecule has 11 nitrogen and oxygen atoms in total. The first-order valence-corrected chi connectivity index (χ1v) is 16.7. The third kappa shape index (κ3) is 7.71. The number of ether oxygens (including phenoxy) is 1. The summed E-state index contributed by atoms with van der Waals surface area (Å²) in [5.74, 6) is 0. The summed E-state index contributed by atoms with van der Waals surface area (Å²) < 4.78 is 75.1. The number of nitrogens with zero attached hydrogens (tertiary/aromatic N) is 2. The molecule has 1 unspecified atom stereocenters. The van der Waals surface area contributed by atoms with Crippen LogP contribution in [0, 0.1) is 10.1 Å². The molecule has 204 valence electrons. The summed E-state index contributed by atoms with van der Waals surface area (Å²) in [7, 11) is -12.8. The second-order valence-corrected chi connectivity index (χ2v) is 14.8. The van der Waals surface area contributed by atoms with E-state index in [1.54, 1.807) is 30.3 Å². The van der Waals surface area contributed by atoms with E-state index in [-0.39, 0.29) is 29.7 Å². The first kappa shape index (κ1) is 29.5. The van der Waals surface area contributed by atoms with Crippen LogP contribution < -0.4 is 9.02 Å². The van der Waals surface area contributed by atoms with E-state index in [1.165, 1.54) is 0 Å². The topological polar surface area (TPSA) is 150 Å². The summed E-state index contributed by atoms with van der Waals surface area (Å²) >= 11 is 0. The molecule has 3 aromatic rings. The average molecular weight is 583 g/mol. The smallest absolute Gasteiger partial charge is 0.282 e. The third-order valence-corrected chi connectivity index (χ3v) is 10.9. The van der Waals surface area contributed by atoms with Crippen molar-refractivity contribution in [3.63, 3.8) is 0 Å². The molecule has 0 radical (unpaired) electrons. The number of benzene rings is 3. The Hall–Kier alpha value is -3.09. The lowest BCUT2D eigenvalue weighted by atomic mass is 10.2. The minimum atomic E-state index is -4.36. The van der Waals surface area contributed by atoms with Crippen LogP contribution in [0.15, 0.2) is 78.9 Å². The maximum atomic E-state index is 14.3. The number of nitro groups is 1. The van der Waals surface area contributed by atoms with Gasteiger partial charge in [0.15, 0.2) is 0 Å². The van der Waals surface area contributed by atoms with Crippen LogP contribution in [-0.4, -0.2) is 47.0 Å². The van der Waals surface area contributed by atoms with Crippen molar-refractivity contribution in [3.05, 3.63) is 100 Å². The number of anilines is 1. The summed E-state index contributed by atoms with van der Waals surface area (Å²) in [6.07, 6.45) is 1.07. The Morgan fingerprint density at radius 3 is 1.87 bits per heavy atom. The highest BCUT2D eigenvalue weighted by molar-refractivity contribution is 8.09. The molecule has 0 aliphatic rings. The van der Waals surface area contributed by atoms with Crippen LogP contribution >= 0.6 is 7.37 Å². The molecule has 3 aromatic carbocycles. The summed E-state index contributed by atoms with van der Waals surface area (Å²) in [5, 5.41) is 11.5. The Balaban J connectivity index is 2.04. The number of sulfonamides is 2. The molecule has 0 saturated carbocycles. The minimum absolute atomic E-state index is 0.107. The Morgan fingerprint density at radius 1 is 0.842 bits per heavy atom. The molecule has 0 N–H and O–H groups in total. The molecule has 38 heavy (non-hydrogen) atoms. The maximum absolute atomic E-state index is 14.3.